The van der Waals surface area contributed by atoms with E-state index in [0.717, 1.165) is 16.0 Å². The predicted molar refractivity (Wildman–Crippen MR) is 123 cm³/mol. The van der Waals surface area contributed by atoms with E-state index < -0.39 is 0 Å². The fourth-order valence-corrected chi connectivity index (χ4v) is 3.87. The highest BCUT2D eigenvalue weighted by molar-refractivity contribution is 8.00. The average Bonchev–Trinajstić information content (AvgIpc) is 2.79. The molecule has 0 saturated heterocycles. The molecule has 1 N–H and O–H groups in total. The number of amides is 1. The molecule has 0 radical (unpaired) electrons. The smallest absolute Gasteiger partial charge is 0.262 e. The maximum atomic E-state index is 12.4. The first kappa shape index (κ1) is 22.0. The molecule has 0 spiro atoms. The molecule has 0 saturated carbocycles. The van der Waals surface area contributed by atoms with Gasteiger partial charge in [0.25, 0.3) is 5.91 Å². The zero-order chi connectivity index (χ0) is 22.1. The van der Waals surface area contributed by atoms with Gasteiger partial charge >= 0.3 is 0 Å². The van der Waals surface area contributed by atoms with E-state index in [-0.39, 0.29) is 17.8 Å². The fourth-order valence-electron chi connectivity index (χ4n) is 2.88. The Morgan fingerprint density at radius 1 is 1.00 bits per heavy atom. The summed E-state index contributed by atoms with van der Waals surface area (Å²) in [6.07, 6.45) is 0.439. The second-order valence-corrected chi connectivity index (χ2v) is 8.32. The van der Waals surface area contributed by atoms with Crippen LogP contribution in [0.5, 0.6) is 5.75 Å². The van der Waals surface area contributed by atoms with E-state index in [9.17, 15) is 4.79 Å². The molecule has 0 heterocycles. The van der Waals surface area contributed by atoms with Crippen LogP contribution >= 0.6 is 11.8 Å². The number of ether oxygens (including phenoxy) is 1. The average molecular weight is 428 g/mol. The molecule has 5 nitrogen and oxygen atoms in total. The summed E-state index contributed by atoms with van der Waals surface area (Å²) in [5, 5.41) is 20.8. The van der Waals surface area contributed by atoms with Gasteiger partial charge in [0.2, 0.25) is 0 Å². The van der Waals surface area contributed by atoms with Gasteiger partial charge in [-0.05, 0) is 47.5 Å². The zero-order valence-corrected chi connectivity index (χ0v) is 17.9. The number of rotatable bonds is 8. The normalized spacial score (nSPS) is 11.1. The first-order chi connectivity index (χ1) is 15.1. The molecule has 3 aromatic carbocycles. The SMILES string of the molecule is CC(CC#N)Sc1ccccc1NC(=O)COc1ccc(-c2ccc(C#N)cc2)cc1. The van der Waals surface area contributed by atoms with Gasteiger partial charge in [-0.25, -0.2) is 0 Å². The number of carbonyl (C=O) groups excluding carboxylic acids is 1. The molecular formula is C25H21N3O2S. The third-order valence-electron chi connectivity index (χ3n) is 4.44. The molecule has 0 bridgehead atoms. The molecule has 1 amide bonds. The Morgan fingerprint density at radius 2 is 1.65 bits per heavy atom. The van der Waals surface area contributed by atoms with Crippen molar-refractivity contribution in [2.24, 2.45) is 0 Å². The quantitative estimate of drug-likeness (QED) is 0.470. The lowest BCUT2D eigenvalue weighted by atomic mass is 10.0. The molecule has 0 aliphatic rings. The number of nitriles is 2. The molecule has 1 atom stereocenters. The van der Waals surface area contributed by atoms with Gasteiger partial charge in [0.1, 0.15) is 5.75 Å². The lowest BCUT2D eigenvalue weighted by Crippen LogP contribution is -2.20. The van der Waals surface area contributed by atoms with Crippen LogP contribution in [0, 0.1) is 22.7 Å². The first-order valence-corrected chi connectivity index (χ1v) is 10.6. The standard InChI is InChI=1S/C25H21N3O2S/c1-18(14-15-26)31-24-5-3-2-4-23(24)28-25(29)17-30-22-12-10-21(11-13-22)20-8-6-19(16-27)7-9-20/h2-13,18H,14,17H2,1H3,(H,28,29). The van der Waals surface area contributed by atoms with Gasteiger partial charge < -0.3 is 10.1 Å². The zero-order valence-electron chi connectivity index (χ0n) is 17.0. The first-order valence-electron chi connectivity index (χ1n) is 9.75. The van der Waals surface area contributed by atoms with Crippen LogP contribution in [0.15, 0.2) is 77.7 Å². The summed E-state index contributed by atoms with van der Waals surface area (Å²) in [5.41, 5.74) is 3.33. The third-order valence-corrected chi connectivity index (χ3v) is 5.62. The second kappa shape index (κ2) is 10.9. The molecule has 0 aliphatic heterocycles. The Bertz CT molecular complexity index is 1110. The molecule has 0 aliphatic carbocycles. The number of hydrogen-bond donors (Lipinski definition) is 1. The van der Waals surface area contributed by atoms with Crippen molar-refractivity contribution in [1.82, 2.24) is 0 Å². The summed E-state index contributed by atoms with van der Waals surface area (Å²) in [7, 11) is 0. The Labute approximate surface area is 186 Å². The lowest BCUT2D eigenvalue weighted by Gasteiger charge is -2.13. The number of carbonyl (C=O) groups is 1. The summed E-state index contributed by atoms with van der Waals surface area (Å²) in [5.74, 6) is 0.343. The molecule has 31 heavy (non-hydrogen) atoms. The minimum atomic E-state index is -0.253. The van der Waals surface area contributed by atoms with Crippen LogP contribution in [-0.4, -0.2) is 17.8 Å². The van der Waals surface area contributed by atoms with E-state index in [1.54, 1.807) is 23.9 Å². The van der Waals surface area contributed by atoms with Crippen molar-refractivity contribution in [3.8, 4) is 29.0 Å². The van der Waals surface area contributed by atoms with Crippen LogP contribution in [0.4, 0.5) is 5.69 Å². The van der Waals surface area contributed by atoms with Gasteiger partial charge in [-0.1, -0.05) is 43.3 Å². The van der Waals surface area contributed by atoms with E-state index in [1.165, 1.54) is 0 Å². The maximum absolute atomic E-state index is 12.4. The Balaban J connectivity index is 1.56. The Hall–Kier alpha value is -3.74. The summed E-state index contributed by atoms with van der Waals surface area (Å²) in [6.45, 7) is 1.88. The van der Waals surface area contributed by atoms with Gasteiger partial charge in [-0.2, -0.15) is 10.5 Å². The number of para-hydroxylation sites is 1. The van der Waals surface area contributed by atoms with Crippen LogP contribution in [-0.2, 0) is 4.79 Å². The van der Waals surface area contributed by atoms with E-state index in [2.05, 4.69) is 17.5 Å². The molecule has 0 fully saturated rings. The molecule has 0 aromatic heterocycles. The lowest BCUT2D eigenvalue weighted by molar-refractivity contribution is -0.118. The summed E-state index contributed by atoms with van der Waals surface area (Å²) >= 11 is 1.56. The van der Waals surface area contributed by atoms with Crippen LogP contribution in [0.3, 0.4) is 0 Å². The minimum absolute atomic E-state index is 0.108. The van der Waals surface area contributed by atoms with Crippen molar-refractivity contribution >= 4 is 23.4 Å². The highest BCUT2D eigenvalue weighted by atomic mass is 32.2. The van der Waals surface area contributed by atoms with Crippen molar-refractivity contribution in [2.75, 3.05) is 11.9 Å². The van der Waals surface area contributed by atoms with E-state index in [0.29, 0.717) is 23.4 Å². The molecule has 154 valence electrons. The summed E-state index contributed by atoms with van der Waals surface area (Å²) in [4.78, 5) is 13.3. The highest BCUT2D eigenvalue weighted by Gasteiger charge is 2.11. The van der Waals surface area contributed by atoms with Gasteiger partial charge in [0, 0.05) is 16.6 Å². The molecular weight excluding hydrogens is 406 g/mol. The van der Waals surface area contributed by atoms with Crippen LogP contribution in [0.1, 0.15) is 18.9 Å². The van der Waals surface area contributed by atoms with Crippen molar-refractivity contribution < 1.29 is 9.53 Å². The number of hydrogen-bond acceptors (Lipinski definition) is 5. The van der Waals surface area contributed by atoms with Gasteiger partial charge in [0.05, 0.1) is 23.4 Å². The van der Waals surface area contributed by atoms with Crippen LogP contribution < -0.4 is 10.1 Å². The molecule has 1 unspecified atom stereocenters. The van der Waals surface area contributed by atoms with Gasteiger partial charge in [-0.3, -0.25) is 4.79 Å². The number of nitrogens with one attached hydrogen (secondary N) is 1. The summed E-state index contributed by atoms with van der Waals surface area (Å²) in [6, 6.07) is 26.6. The van der Waals surface area contributed by atoms with Crippen molar-refractivity contribution in [1.29, 1.82) is 10.5 Å². The largest absolute Gasteiger partial charge is 0.484 e. The fraction of sp³-hybridized carbons (Fsp3) is 0.160. The topological polar surface area (TPSA) is 85.9 Å². The van der Waals surface area contributed by atoms with Crippen molar-refractivity contribution in [3.63, 3.8) is 0 Å². The minimum Gasteiger partial charge on any atom is -0.484 e. The summed E-state index contributed by atoms with van der Waals surface area (Å²) < 4.78 is 5.62. The predicted octanol–water partition coefficient (Wildman–Crippen LogP) is 5.64. The Morgan fingerprint density at radius 3 is 2.29 bits per heavy atom. The number of nitrogens with zero attached hydrogens (tertiary/aromatic N) is 2. The monoisotopic (exact) mass is 427 g/mol. The van der Waals surface area contributed by atoms with E-state index >= 15 is 0 Å². The number of benzene rings is 3. The van der Waals surface area contributed by atoms with Gasteiger partial charge in [-0.15, -0.1) is 11.8 Å². The van der Waals surface area contributed by atoms with Crippen LogP contribution in [0.25, 0.3) is 11.1 Å². The van der Waals surface area contributed by atoms with Crippen molar-refractivity contribution in [3.05, 3.63) is 78.4 Å². The number of anilines is 1. The van der Waals surface area contributed by atoms with E-state index in [1.807, 2.05) is 67.6 Å². The van der Waals surface area contributed by atoms with Gasteiger partial charge in [0.15, 0.2) is 6.61 Å². The Kier molecular flexibility index (Phi) is 7.70. The maximum Gasteiger partial charge on any atom is 0.262 e. The van der Waals surface area contributed by atoms with Crippen LogP contribution in [0.2, 0.25) is 0 Å². The number of thioether (sulfide) groups is 1. The van der Waals surface area contributed by atoms with Crippen molar-refractivity contribution in [2.45, 2.75) is 23.5 Å². The second-order valence-electron chi connectivity index (χ2n) is 6.84. The molecule has 6 heteroatoms. The van der Waals surface area contributed by atoms with E-state index in [4.69, 9.17) is 15.3 Å². The molecule has 3 aromatic rings. The molecule has 3 rings (SSSR count). The highest BCUT2D eigenvalue weighted by Crippen LogP contribution is 2.31. The third kappa shape index (κ3) is 6.37.